The highest BCUT2D eigenvalue weighted by Gasteiger charge is 2.36. The lowest BCUT2D eigenvalue weighted by atomic mass is 10.1. The predicted molar refractivity (Wildman–Crippen MR) is 83.4 cm³/mol. The molecular formula is C13H17BrN2O4S. The molecule has 1 aromatic carbocycles. The topological polar surface area (TPSA) is 86.7 Å². The summed E-state index contributed by atoms with van der Waals surface area (Å²) < 4.78 is 29.2. The van der Waals surface area contributed by atoms with Gasteiger partial charge in [-0.15, -0.1) is 0 Å². The first-order chi connectivity index (χ1) is 9.81. The van der Waals surface area contributed by atoms with Gasteiger partial charge in [-0.1, -0.05) is 22.0 Å². The molecule has 6 nitrogen and oxygen atoms in total. The number of carboxylic acids is 1. The second-order valence-electron chi connectivity index (χ2n) is 5.03. The van der Waals surface area contributed by atoms with E-state index in [1.165, 1.54) is 0 Å². The number of aryl methyl sites for hydroxylation is 1. The van der Waals surface area contributed by atoms with E-state index in [1.807, 2.05) is 6.07 Å². The fraction of sp³-hybridized carbons (Fsp3) is 0.462. The Hall–Kier alpha value is -1.12. The Balaban J connectivity index is 2.28. The average molecular weight is 377 g/mol. The molecule has 0 radical (unpaired) electrons. The average Bonchev–Trinajstić information content (AvgIpc) is 2.42. The lowest BCUT2D eigenvalue weighted by Crippen LogP contribution is -2.50. The quantitative estimate of drug-likeness (QED) is 0.844. The van der Waals surface area contributed by atoms with Crippen LogP contribution < -0.4 is 4.72 Å². The van der Waals surface area contributed by atoms with E-state index in [1.54, 1.807) is 19.1 Å². The Labute approximate surface area is 132 Å². The molecular weight excluding hydrogens is 360 g/mol. The summed E-state index contributed by atoms with van der Waals surface area (Å²) in [6.45, 7) is 2.01. The molecule has 1 saturated heterocycles. The molecule has 1 aliphatic rings. The van der Waals surface area contributed by atoms with Gasteiger partial charge in [0.05, 0.1) is 5.69 Å². The first-order valence-electron chi connectivity index (χ1n) is 6.60. The van der Waals surface area contributed by atoms with Gasteiger partial charge in [-0.2, -0.15) is 12.7 Å². The minimum atomic E-state index is -3.89. The molecule has 1 aliphatic heterocycles. The molecule has 1 aromatic rings. The van der Waals surface area contributed by atoms with Crippen LogP contribution in [0.15, 0.2) is 22.7 Å². The molecule has 2 rings (SSSR count). The minimum absolute atomic E-state index is 0.222. The van der Waals surface area contributed by atoms with E-state index in [-0.39, 0.29) is 6.54 Å². The molecule has 1 fully saturated rings. The molecule has 21 heavy (non-hydrogen) atoms. The summed E-state index contributed by atoms with van der Waals surface area (Å²) in [5.41, 5.74) is 1.21. The molecule has 1 heterocycles. The lowest BCUT2D eigenvalue weighted by molar-refractivity contribution is -0.142. The summed E-state index contributed by atoms with van der Waals surface area (Å²) >= 11 is 3.29. The van der Waals surface area contributed by atoms with Gasteiger partial charge in [0, 0.05) is 11.0 Å². The van der Waals surface area contributed by atoms with Crippen molar-refractivity contribution in [2.24, 2.45) is 0 Å². The summed E-state index contributed by atoms with van der Waals surface area (Å²) in [6.07, 6.45) is 1.73. The third kappa shape index (κ3) is 3.75. The molecule has 8 heteroatoms. The van der Waals surface area contributed by atoms with Crippen molar-refractivity contribution in [1.29, 1.82) is 0 Å². The van der Waals surface area contributed by atoms with Gasteiger partial charge in [-0.05, 0) is 43.9 Å². The fourth-order valence-electron chi connectivity index (χ4n) is 2.34. The molecule has 0 spiro atoms. The van der Waals surface area contributed by atoms with Crippen LogP contribution in [0.25, 0.3) is 0 Å². The van der Waals surface area contributed by atoms with Crippen molar-refractivity contribution in [3.63, 3.8) is 0 Å². The lowest BCUT2D eigenvalue weighted by Gasteiger charge is -2.32. The number of nitrogens with one attached hydrogen (secondary N) is 1. The fourth-order valence-corrected chi connectivity index (χ4v) is 4.22. The Morgan fingerprint density at radius 1 is 1.43 bits per heavy atom. The van der Waals surface area contributed by atoms with Crippen molar-refractivity contribution in [3.8, 4) is 0 Å². The second kappa shape index (κ2) is 6.33. The Morgan fingerprint density at radius 2 is 2.14 bits per heavy atom. The maximum atomic E-state index is 12.5. The summed E-state index contributed by atoms with van der Waals surface area (Å²) in [5, 5.41) is 9.20. The van der Waals surface area contributed by atoms with Gasteiger partial charge in [0.1, 0.15) is 6.04 Å². The first kappa shape index (κ1) is 16.3. The molecule has 0 saturated carbocycles. The third-order valence-corrected chi connectivity index (χ3v) is 5.51. The highest BCUT2D eigenvalue weighted by Crippen LogP contribution is 2.25. The van der Waals surface area contributed by atoms with Crippen molar-refractivity contribution < 1.29 is 18.3 Å². The molecule has 0 aromatic heterocycles. The SMILES string of the molecule is Cc1ccc(Br)cc1NS(=O)(=O)N1CCCCC1C(=O)O. The monoisotopic (exact) mass is 376 g/mol. The van der Waals surface area contributed by atoms with Crippen LogP contribution in [0.3, 0.4) is 0 Å². The van der Waals surface area contributed by atoms with Gasteiger partial charge >= 0.3 is 16.2 Å². The highest BCUT2D eigenvalue weighted by molar-refractivity contribution is 9.10. The summed E-state index contributed by atoms with van der Waals surface area (Å²) in [5.74, 6) is -1.11. The van der Waals surface area contributed by atoms with E-state index in [0.717, 1.165) is 20.8 Å². The molecule has 0 aliphatic carbocycles. The van der Waals surface area contributed by atoms with Crippen LogP contribution in [0.5, 0.6) is 0 Å². The number of hydrogen-bond acceptors (Lipinski definition) is 3. The van der Waals surface area contributed by atoms with Crippen LogP contribution in [-0.4, -0.2) is 36.4 Å². The number of carbonyl (C=O) groups is 1. The number of benzene rings is 1. The first-order valence-corrected chi connectivity index (χ1v) is 8.83. The van der Waals surface area contributed by atoms with Crippen LogP contribution in [0.4, 0.5) is 5.69 Å². The van der Waals surface area contributed by atoms with Crippen molar-refractivity contribution >= 4 is 37.8 Å². The normalized spacial score (nSPS) is 20.2. The van der Waals surface area contributed by atoms with Crippen LogP contribution in [0.1, 0.15) is 24.8 Å². The molecule has 0 amide bonds. The van der Waals surface area contributed by atoms with Gasteiger partial charge in [-0.3, -0.25) is 9.52 Å². The number of piperidine rings is 1. The van der Waals surface area contributed by atoms with Gasteiger partial charge in [0.15, 0.2) is 0 Å². The molecule has 2 N–H and O–H groups in total. The molecule has 1 atom stereocenters. The van der Waals surface area contributed by atoms with Gasteiger partial charge in [0.25, 0.3) is 0 Å². The van der Waals surface area contributed by atoms with E-state index in [0.29, 0.717) is 18.5 Å². The zero-order chi connectivity index (χ0) is 15.6. The van der Waals surface area contributed by atoms with Crippen LogP contribution >= 0.6 is 15.9 Å². The van der Waals surface area contributed by atoms with Crippen molar-refractivity contribution in [2.75, 3.05) is 11.3 Å². The number of anilines is 1. The number of halogens is 1. The van der Waals surface area contributed by atoms with E-state index in [9.17, 15) is 18.3 Å². The van der Waals surface area contributed by atoms with Crippen LogP contribution in [0.2, 0.25) is 0 Å². The van der Waals surface area contributed by atoms with E-state index in [4.69, 9.17) is 0 Å². The maximum Gasteiger partial charge on any atom is 0.322 e. The standard InChI is InChI=1S/C13H17BrN2O4S/c1-9-5-6-10(14)8-11(9)15-21(19,20)16-7-3-2-4-12(16)13(17)18/h5-6,8,12,15H,2-4,7H2,1H3,(H,17,18). The van der Waals surface area contributed by atoms with Gasteiger partial charge in [-0.25, -0.2) is 0 Å². The van der Waals surface area contributed by atoms with E-state index < -0.39 is 22.2 Å². The van der Waals surface area contributed by atoms with Crippen molar-refractivity contribution in [3.05, 3.63) is 28.2 Å². The summed E-state index contributed by atoms with van der Waals surface area (Å²) in [4.78, 5) is 11.2. The van der Waals surface area contributed by atoms with Crippen LogP contribution in [0, 0.1) is 6.92 Å². The van der Waals surface area contributed by atoms with E-state index >= 15 is 0 Å². The van der Waals surface area contributed by atoms with Gasteiger partial charge < -0.3 is 5.11 Å². The second-order valence-corrected chi connectivity index (χ2v) is 7.57. The zero-order valence-electron chi connectivity index (χ0n) is 11.5. The predicted octanol–water partition coefficient (Wildman–Crippen LogP) is 2.35. The van der Waals surface area contributed by atoms with Gasteiger partial charge in [0.2, 0.25) is 0 Å². The highest BCUT2D eigenvalue weighted by atomic mass is 79.9. The number of nitrogens with zero attached hydrogens (tertiary/aromatic N) is 1. The Bertz CT molecular complexity index is 648. The summed E-state index contributed by atoms with van der Waals surface area (Å²) in [6, 6.07) is 4.26. The Morgan fingerprint density at radius 3 is 2.81 bits per heavy atom. The number of carboxylic acid groups (broad SMARTS) is 1. The van der Waals surface area contributed by atoms with Crippen molar-refractivity contribution in [2.45, 2.75) is 32.2 Å². The molecule has 1 unspecified atom stereocenters. The van der Waals surface area contributed by atoms with Crippen molar-refractivity contribution in [1.82, 2.24) is 4.31 Å². The molecule has 0 bridgehead atoms. The minimum Gasteiger partial charge on any atom is -0.480 e. The Kier molecular flexibility index (Phi) is 4.90. The zero-order valence-corrected chi connectivity index (χ0v) is 13.9. The smallest absolute Gasteiger partial charge is 0.322 e. The number of aliphatic carboxylic acids is 1. The van der Waals surface area contributed by atoms with E-state index in [2.05, 4.69) is 20.7 Å². The summed E-state index contributed by atoms with van der Waals surface area (Å²) in [7, 11) is -3.89. The number of hydrogen-bond donors (Lipinski definition) is 2. The van der Waals surface area contributed by atoms with Crippen LogP contribution in [-0.2, 0) is 15.0 Å². The third-order valence-electron chi connectivity index (χ3n) is 3.49. The maximum absolute atomic E-state index is 12.5. The number of rotatable bonds is 4. The largest absolute Gasteiger partial charge is 0.480 e. The molecule has 116 valence electrons.